The van der Waals surface area contributed by atoms with Crippen LogP contribution in [0, 0.1) is 5.82 Å². The van der Waals surface area contributed by atoms with Gasteiger partial charge in [0.15, 0.2) is 11.6 Å². The standard InChI is InChI=1S/C23H30F2N6O/c1-13(27)7-20-18-4-3-17(25)9-19(18)14(2)32-21-8-15(11-31-23(21)28)22(29-6-5-24)16(10-26)12-30-20/h3-4,7-9,11,13-14,29-30H,5-6,10,12,26-27H2,1-2H3,(H2,28,31)/b20-7-,22-16+. The van der Waals surface area contributed by atoms with Crippen LogP contribution in [-0.2, 0) is 0 Å². The van der Waals surface area contributed by atoms with Gasteiger partial charge in [-0.05, 0) is 49.8 Å². The smallest absolute Gasteiger partial charge is 0.166 e. The maximum absolute atomic E-state index is 14.2. The minimum Gasteiger partial charge on any atom is -0.482 e. The summed E-state index contributed by atoms with van der Waals surface area (Å²) in [5, 5.41) is 6.48. The van der Waals surface area contributed by atoms with Gasteiger partial charge in [-0.2, -0.15) is 0 Å². The van der Waals surface area contributed by atoms with Crippen molar-refractivity contribution in [3.05, 3.63) is 64.6 Å². The Labute approximate surface area is 186 Å². The van der Waals surface area contributed by atoms with Crippen molar-refractivity contribution < 1.29 is 13.5 Å². The van der Waals surface area contributed by atoms with Gasteiger partial charge in [-0.25, -0.2) is 13.8 Å². The molecule has 9 heteroatoms. The average molecular weight is 445 g/mol. The second-order valence-corrected chi connectivity index (χ2v) is 7.69. The number of nitrogen functional groups attached to an aromatic ring is 1. The minimum atomic E-state index is -0.549. The van der Waals surface area contributed by atoms with E-state index in [9.17, 15) is 8.78 Å². The van der Waals surface area contributed by atoms with E-state index in [2.05, 4.69) is 15.6 Å². The lowest BCUT2D eigenvalue weighted by atomic mass is 9.98. The predicted molar refractivity (Wildman–Crippen MR) is 124 cm³/mol. The minimum absolute atomic E-state index is 0.112. The van der Waals surface area contributed by atoms with Crippen molar-refractivity contribution in [1.82, 2.24) is 15.6 Å². The van der Waals surface area contributed by atoms with Gasteiger partial charge in [-0.15, -0.1) is 0 Å². The second-order valence-electron chi connectivity index (χ2n) is 7.69. The lowest BCUT2D eigenvalue weighted by Crippen LogP contribution is -2.28. The van der Waals surface area contributed by atoms with E-state index in [0.717, 1.165) is 16.8 Å². The lowest BCUT2D eigenvalue weighted by Gasteiger charge is -2.25. The van der Waals surface area contributed by atoms with E-state index in [0.29, 0.717) is 29.1 Å². The van der Waals surface area contributed by atoms with Crippen LogP contribution in [0.1, 0.15) is 36.6 Å². The van der Waals surface area contributed by atoms with Crippen LogP contribution in [0.4, 0.5) is 14.6 Å². The number of fused-ring (bicyclic) bond motifs is 3. The fraction of sp³-hybridized carbons (Fsp3) is 0.348. The normalized spacial score (nSPS) is 20.9. The molecule has 8 N–H and O–H groups in total. The zero-order valence-corrected chi connectivity index (χ0v) is 18.3. The Bertz CT molecular complexity index is 1020. The maximum atomic E-state index is 14.2. The van der Waals surface area contributed by atoms with Crippen molar-refractivity contribution in [1.29, 1.82) is 0 Å². The first-order valence-electron chi connectivity index (χ1n) is 10.5. The van der Waals surface area contributed by atoms with E-state index in [4.69, 9.17) is 21.9 Å². The Balaban J connectivity index is 2.23. The molecule has 1 aliphatic rings. The van der Waals surface area contributed by atoms with Crippen molar-refractivity contribution >= 4 is 17.2 Å². The molecule has 2 unspecified atom stereocenters. The summed E-state index contributed by atoms with van der Waals surface area (Å²) in [6, 6.07) is 5.97. The molecule has 2 atom stereocenters. The molecule has 1 aromatic carbocycles. The number of ether oxygens (including phenoxy) is 1. The van der Waals surface area contributed by atoms with Crippen LogP contribution in [-0.4, -0.2) is 37.3 Å². The third-order valence-electron chi connectivity index (χ3n) is 5.13. The highest BCUT2D eigenvalue weighted by molar-refractivity contribution is 5.72. The monoisotopic (exact) mass is 444 g/mol. The molecule has 0 saturated heterocycles. The summed E-state index contributed by atoms with van der Waals surface area (Å²) >= 11 is 0. The van der Waals surface area contributed by atoms with Gasteiger partial charge in [0.05, 0.1) is 0 Å². The fourth-order valence-corrected chi connectivity index (χ4v) is 3.63. The number of hydrogen-bond donors (Lipinski definition) is 5. The molecule has 0 saturated carbocycles. The number of aromatic nitrogens is 1. The van der Waals surface area contributed by atoms with Crippen molar-refractivity contribution in [2.75, 3.05) is 32.0 Å². The quantitative estimate of drug-likeness (QED) is 0.480. The summed E-state index contributed by atoms with van der Waals surface area (Å²) in [6.45, 7) is 3.78. The highest BCUT2D eigenvalue weighted by atomic mass is 19.1. The molecule has 0 radical (unpaired) electrons. The highest BCUT2D eigenvalue weighted by Crippen LogP contribution is 2.33. The number of rotatable bonds is 5. The lowest BCUT2D eigenvalue weighted by molar-refractivity contribution is 0.226. The number of halogens is 2. The molecule has 7 nitrogen and oxygen atoms in total. The van der Waals surface area contributed by atoms with Gasteiger partial charge in [0.1, 0.15) is 18.6 Å². The summed E-state index contributed by atoms with van der Waals surface area (Å²) in [5.41, 5.74) is 22.4. The summed E-state index contributed by atoms with van der Waals surface area (Å²) in [7, 11) is 0. The molecule has 2 aromatic rings. The largest absolute Gasteiger partial charge is 0.482 e. The number of anilines is 1. The molecule has 2 bridgehead atoms. The molecule has 0 aliphatic carbocycles. The van der Waals surface area contributed by atoms with E-state index >= 15 is 0 Å². The first-order chi connectivity index (χ1) is 15.3. The van der Waals surface area contributed by atoms with E-state index < -0.39 is 12.8 Å². The number of nitrogens with one attached hydrogen (secondary N) is 2. The number of benzene rings is 1. The van der Waals surface area contributed by atoms with E-state index in [1.54, 1.807) is 18.3 Å². The molecular weight excluding hydrogens is 414 g/mol. The molecule has 172 valence electrons. The molecule has 0 spiro atoms. The van der Waals surface area contributed by atoms with Gasteiger partial charge in [0, 0.05) is 60.0 Å². The third-order valence-corrected chi connectivity index (χ3v) is 5.13. The Hall–Kier alpha value is -3.17. The zero-order chi connectivity index (χ0) is 23.3. The summed E-state index contributed by atoms with van der Waals surface area (Å²) in [4.78, 5) is 4.24. The molecule has 0 amide bonds. The molecule has 1 aliphatic heterocycles. The van der Waals surface area contributed by atoms with Crippen LogP contribution < -0.4 is 32.6 Å². The number of nitrogens with zero attached hydrogens (tertiary/aromatic N) is 1. The number of nitrogens with two attached hydrogens (primary N) is 3. The van der Waals surface area contributed by atoms with E-state index in [-0.39, 0.29) is 30.8 Å². The molecule has 0 fully saturated rings. The Kier molecular flexibility index (Phi) is 7.66. The van der Waals surface area contributed by atoms with Crippen LogP contribution in [0.25, 0.3) is 11.4 Å². The van der Waals surface area contributed by atoms with Crippen molar-refractivity contribution in [3.63, 3.8) is 0 Å². The highest BCUT2D eigenvalue weighted by Gasteiger charge is 2.21. The molecule has 2 heterocycles. The molecule has 32 heavy (non-hydrogen) atoms. The van der Waals surface area contributed by atoms with Crippen LogP contribution in [0.3, 0.4) is 0 Å². The van der Waals surface area contributed by atoms with Crippen molar-refractivity contribution in [2.24, 2.45) is 11.5 Å². The average Bonchev–Trinajstić information content (AvgIpc) is 2.76. The fourth-order valence-electron chi connectivity index (χ4n) is 3.63. The Morgan fingerprint density at radius 3 is 2.84 bits per heavy atom. The van der Waals surface area contributed by atoms with Crippen molar-refractivity contribution in [2.45, 2.75) is 26.0 Å². The van der Waals surface area contributed by atoms with Gasteiger partial charge in [0.25, 0.3) is 0 Å². The number of pyridine rings is 1. The number of hydrogen-bond acceptors (Lipinski definition) is 7. The summed E-state index contributed by atoms with van der Waals surface area (Å²) < 4.78 is 33.3. The van der Waals surface area contributed by atoms with E-state index in [1.165, 1.54) is 12.1 Å². The topological polar surface area (TPSA) is 124 Å². The van der Waals surface area contributed by atoms with Crippen LogP contribution >= 0.6 is 0 Å². The van der Waals surface area contributed by atoms with Gasteiger partial charge >= 0.3 is 0 Å². The SMILES string of the molecule is CC(N)/C=C1\NC/C(CN)=C(/NCCF)c2cnc(N)c(c2)OC(C)c2cc(F)ccc21. The summed E-state index contributed by atoms with van der Waals surface area (Å²) in [5.74, 6) is 0.151. The second kappa shape index (κ2) is 10.4. The maximum Gasteiger partial charge on any atom is 0.166 e. The van der Waals surface area contributed by atoms with Crippen molar-refractivity contribution in [3.8, 4) is 5.75 Å². The van der Waals surface area contributed by atoms with Gasteiger partial charge in [0.2, 0.25) is 0 Å². The Morgan fingerprint density at radius 1 is 1.38 bits per heavy atom. The first-order valence-corrected chi connectivity index (χ1v) is 10.5. The molecule has 1 aromatic heterocycles. The molecule has 3 rings (SSSR count). The van der Waals surface area contributed by atoms with Crippen LogP contribution in [0.5, 0.6) is 5.75 Å². The van der Waals surface area contributed by atoms with E-state index in [1.807, 2.05) is 19.9 Å². The number of alkyl halides is 1. The molecular formula is C23H30F2N6O. The van der Waals surface area contributed by atoms with Crippen LogP contribution in [0.15, 0.2) is 42.1 Å². The van der Waals surface area contributed by atoms with Gasteiger partial charge in [-0.1, -0.05) is 0 Å². The van der Waals surface area contributed by atoms with Gasteiger partial charge in [-0.3, -0.25) is 0 Å². The zero-order valence-electron chi connectivity index (χ0n) is 18.3. The predicted octanol–water partition coefficient (Wildman–Crippen LogP) is 2.46. The first kappa shape index (κ1) is 23.5. The van der Waals surface area contributed by atoms with Crippen LogP contribution in [0.2, 0.25) is 0 Å². The Morgan fingerprint density at radius 2 is 2.16 bits per heavy atom. The summed E-state index contributed by atoms with van der Waals surface area (Å²) in [6.07, 6.45) is 2.90. The van der Waals surface area contributed by atoms with Gasteiger partial charge < -0.3 is 32.6 Å². The third kappa shape index (κ3) is 5.35.